The third-order valence-corrected chi connectivity index (χ3v) is 2.39. The fourth-order valence-corrected chi connectivity index (χ4v) is 1.31. The summed E-state index contributed by atoms with van der Waals surface area (Å²) in [6.45, 7) is 10.2. The quantitative estimate of drug-likeness (QED) is 0.630. The van der Waals surface area contributed by atoms with Crippen molar-refractivity contribution in [3.63, 3.8) is 0 Å². The predicted molar refractivity (Wildman–Crippen MR) is 56.6 cm³/mol. The van der Waals surface area contributed by atoms with Gasteiger partial charge in [-0.05, 0) is 19.9 Å². The van der Waals surface area contributed by atoms with Gasteiger partial charge in [0, 0.05) is 4.75 Å². The molecule has 0 fully saturated rings. The fourth-order valence-electron chi connectivity index (χ4n) is 0.651. The molecule has 0 atom stereocenters. The molecule has 0 saturated heterocycles. The summed E-state index contributed by atoms with van der Waals surface area (Å²) >= 11 is 1.69. The molecule has 0 aliphatic heterocycles. The maximum Gasteiger partial charge on any atom is 0.165 e. The predicted octanol–water partition coefficient (Wildman–Crippen LogP) is 3.05. The van der Waals surface area contributed by atoms with E-state index in [0.29, 0.717) is 5.75 Å². The van der Waals surface area contributed by atoms with Gasteiger partial charge in [0.2, 0.25) is 0 Å². The monoisotopic (exact) mass is 186 g/mol. The first-order valence-electron chi connectivity index (χ1n) is 4.13. The van der Waals surface area contributed by atoms with Gasteiger partial charge >= 0.3 is 0 Å². The Bertz CT molecular complexity index is 183. The van der Waals surface area contributed by atoms with Gasteiger partial charge in [-0.15, -0.1) is 11.8 Å². The number of thioether (sulfide) groups is 1. The second-order valence-electron chi connectivity index (χ2n) is 4.09. The van der Waals surface area contributed by atoms with Gasteiger partial charge in [0.1, 0.15) is 0 Å². The molecule has 0 bridgehead atoms. The average molecular weight is 186 g/mol. The molecule has 0 amide bonds. The minimum atomic E-state index is 0.186. The van der Waals surface area contributed by atoms with Crippen molar-refractivity contribution in [1.82, 2.24) is 0 Å². The third kappa shape index (κ3) is 7.86. The number of hydrogen-bond acceptors (Lipinski definition) is 2. The van der Waals surface area contributed by atoms with Gasteiger partial charge in [-0.25, -0.2) is 0 Å². The minimum Gasteiger partial charge on any atom is -0.294 e. The molecule has 0 spiro atoms. The Labute approximate surface area is 79.6 Å². The largest absolute Gasteiger partial charge is 0.294 e. The van der Waals surface area contributed by atoms with Gasteiger partial charge in [0.15, 0.2) is 5.78 Å². The highest BCUT2D eigenvalue weighted by Crippen LogP contribution is 2.22. The zero-order valence-electron chi connectivity index (χ0n) is 8.60. The summed E-state index contributed by atoms with van der Waals surface area (Å²) in [4.78, 5) is 11.2. The van der Waals surface area contributed by atoms with Crippen LogP contribution in [-0.4, -0.2) is 16.3 Å². The van der Waals surface area contributed by atoms with Crippen molar-refractivity contribution in [3.05, 3.63) is 11.6 Å². The van der Waals surface area contributed by atoms with E-state index < -0.39 is 0 Å². The number of carbonyl (C=O) groups excluding carboxylic acids is 1. The first kappa shape index (κ1) is 11.8. The highest BCUT2D eigenvalue weighted by Gasteiger charge is 2.11. The highest BCUT2D eigenvalue weighted by atomic mass is 32.2. The van der Waals surface area contributed by atoms with E-state index in [0.717, 1.165) is 5.57 Å². The van der Waals surface area contributed by atoms with Crippen molar-refractivity contribution >= 4 is 17.5 Å². The zero-order chi connectivity index (χ0) is 9.78. The lowest BCUT2D eigenvalue weighted by molar-refractivity contribution is -0.112. The summed E-state index contributed by atoms with van der Waals surface area (Å²) in [6.07, 6.45) is 1.71. The van der Waals surface area contributed by atoms with E-state index in [-0.39, 0.29) is 10.5 Å². The van der Waals surface area contributed by atoms with Crippen LogP contribution in [0.15, 0.2) is 11.6 Å². The first-order valence-corrected chi connectivity index (χ1v) is 5.11. The molecule has 0 aliphatic carbocycles. The van der Waals surface area contributed by atoms with Crippen LogP contribution in [0.2, 0.25) is 0 Å². The van der Waals surface area contributed by atoms with E-state index in [4.69, 9.17) is 0 Å². The number of ketones is 1. The van der Waals surface area contributed by atoms with Crippen LogP contribution >= 0.6 is 11.8 Å². The van der Waals surface area contributed by atoms with Crippen LogP contribution in [0.25, 0.3) is 0 Å². The van der Waals surface area contributed by atoms with Crippen LogP contribution in [0.3, 0.4) is 0 Å². The molecular formula is C10H18OS. The first-order chi connectivity index (χ1) is 5.31. The molecule has 2 heteroatoms. The van der Waals surface area contributed by atoms with Gasteiger partial charge in [-0.1, -0.05) is 26.3 Å². The van der Waals surface area contributed by atoms with Crippen molar-refractivity contribution in [2.24, 2.45) is 0 Å². The van der Waals surface area contributed by atoms with E-state index >= 15 is 0 Å². The molecule has 0 aromatic heterocycles. The normalized spacial score (nSPS) is 11.1. The van der Waals surface area contributed by atoms with Gasteiger partial charge in [0.25, 0.3) is 0 Å². The van der Waals surface area contributed by atoms with Crippen LogP contribution in [0.5, 0.6) is 0 Å². The van der Waals surface area contributed by atoms with Crippen LogP contribution in [0.4, 0.5) is 0 Å². The van der Waals surface area contributed by atoms with Crippen molar-refractivity contribution < 1.29 is 4.79 Å². The number of hydrogen-bond donors (Lipinski definition) is 0. The molecule has 0 radical (unpaired) electrons. The maximum absolute atomic E-state index is 11.2. The molecule has 0 unspecified atom stereocenters. The van der Waals surface area contributed by atoms with Crippen LogP contribution in [0, 0.1) is 0 Å². The number of rotatable bonds is 3. The molecule has 0 saturated carbocycles. The summed E-state index contributed by atoms with van der Waals surface area (Å²) in [5.74, 6) is 0.809. The number of carbonyl (C=O) groups is 1. The lowest BCUT2D eigenvalue weighted by Crippen LogP contribution is -2.11. The van der Waals surface area contributed by atoms with Gasteiger partial charge in [0.05, 0.1) is 5.75 Å². The van der Waals surface area contributed by atoms with Crippen molar-refractivity contribution in [1.29, 1.82) is 0 Å². The Kier molecular flexibility index (Phi) is 4.61. The molecule has 0 rings (SSSR count). The third-order valence-electron chi connectivity index (χ3n) is 1.10. The summed E-state index contributed by atoms with van der Waals surface area (Å²) in [5.41, 5.74) is 1.08. The molecular weight excluding hydrogens is 168 g/mol. The Morgan fingerprint density at radius 1 is 1.33 bits per heavy atom. The smallest absolute Gasteiger partial charge is 0.165 e. The Morgan fingerprint density at radius 3 is 2.17 bits per heavy atom. The van der Waals surface area contributed by atoms with Crippen molar-refractivity contribution in [2.75, 3.05) is 5.75 Å². The standard InChI is InChI=1S/C10H18OS/c1-8(2)6-9(11)7-12-10(3,4)5/h6H,7H2,1-5H3. The van der Waals surface area contributed by atoms with E-state index in [1.54, 1.807) is 17.8 Å². The second-order valence-corrected chi connectivity index (χ2v) is 5.89. The molecule has 0 N–H and O–H groups in total. The number of allylic oxidation sites excluding steroid dienone is 2. The fraction of sp³-hybridized carbons (Fsp3) is 0.700. The highest BCUT2D eigenvalue weighted by molar-refractivity contribution is 8.01. The van der Waals surface area contributed by atoms with Crippen LogP contribution in [0.1, 0.15) is 34.6 Å². The molecule has 70 valence electrons. The minimum absolute atomic E-state index is 0.186. The van der Waals surface area contributed by atoms with E-state index in [2.05, 4.69) is 20.8 Å². The molecule has 12 heavy (non-hydrogen) atoms. The zero-order valence-corrected chi connectivity index (χ0v) is 9.42. The van der Waals surface area contributed by atoms with Crippen LogP contribution < -0.4 is 0 Å². The Hall–Kier alpha value is -0.240. The maximum atomic E-state index is 11.2. The van der Waals surface area contributed by atoms with Crippen LogP contribution in [-0.2, 0) is 4.79 Å². The summed E-state index contributed by atoms with van der Waals surface area (Å²) < 4.78 is 0.186. The lowest BCUT2D eigenvalue weighted by Gasteiger charge is -2.15. The average Bonchev–Trinajstić information content (AvgIpc) is 1.80. The molecule has 1 nitrogen and oxygen atoms in total. The van der Waals surface area contributed by atoms with E-state index in [1.165, 1.54) is 0 Å². The summed E-state index contributed by atoms with van der Waals surface area (Å²) in [5, 5.41) is 0. The van der Waals surface area contributed by atoms with Gasteiger partial charge in [-0.3, -0.25) is 4.79 Å². The topological polar surface area (TPSA) is 17.1 Å². The van der Waals surface area contributed by atoms with Crippen molar-refractivity contribution in [3.8, 4) is 0 Å². The van der Waals surface area contributed by atoms with Crippen molar-refractivity contribution in [2.45, 2.75) is 39.4 Å². The Morgan fingerprint density at radius 2 is 1.83 bits per heavy atom. The lowest BCUT2D eigenvalue weighted by atomic mass is 10.2. The molecule has 0 aromatic rings. The summed E-state index contributed by atoms with van der Waals surface area (Å²) in [6, 6.07) is 0. The van der Waals surface area contributed by atoms with Gasteiger partial charge in [-0.2, -0.15) is 0 Å². The SMILES string of the molecule is CC(C)=CC(=O)CSC(C)(C)C. The molecule has 0 heterocycles. The van der Waals surface area contributed by atoms with E-state index in [1.807, 2.05) is 13.8 Å². The second kappa shape index (κ2) is 4.70. The van der Waals surface area contributed by atoms with E-state index in [9.17, 15) is 4.79 Å². The van der Waals surface area contributed by atoms with Gasteiger partial charge < -0.3 is 0 Å². The molecule has 0 aromatic carbocycles. The summed E-state index contributed by atoms with van der Waals surface area (Å²) in [7, 11) is 0. The molecule has 0 aliphatic rings. The Balaban J connectivity index is 3.81.